The van der Waals surface area contributed by atoms with E-state index in [0.717, 1.165) is 22.3 Å². The third-order valence-corrected chi connectivity index (χ3v) is 13.6. The molecule has 234 valence electrons. The van der Waals surface area contributed by atoms with Crippen LogP contribution in [0.2, 0.25) is 0 Å². The van der Waals surface area contributed by atoms with Crippen LogP contribution in [-0.2, 0) is 23.9 Å². The Hall–Kier alpha value is -4.09. The highest BCUT2D eigenvalue weighted by molar-refractivity contribution is 8.33. The Balaban J connectivity index is 1.63. The molecule has 7 nitrogen and oxygen atoms in total. The van der Waals surface area contributed by atoms with Crippen molar-refractivity contribution in [1.82, 2.24) is 0 Å². The number of methoxy groups -OCH3 is 1. The topological polar surface area (TPSA) is 96.0 Å². The van der Waals surface area contributed by atoms with Crippen LogP contribution >= 0.6 is 10.3 Å². The molecular weight excluding hydrogens is 629 g/mol. The smallest absolute Gasteiger partial charge is 0.339 e. The molecule has 0 fully saturated rings. The molecule has 0 saturated heterocycles. The predicted molar refractivity (Wildman–Crippen MR) is 176 cm³/mol. The van der Waals surface area contributed by atoms with Gasteiger partial charge in [-0.05, 0) is 98.7 Å². The van der Waals surface area contributed by atoms with Crippen LogP contribution in [0.15, 0.2) is 140 Å². The molecule has 45 heavy (non-hydrogen) atoms. The molecule has 0 heterocycles. The largest absolute Gasteiger partial charge is 0.493 e. The minimum absolute atomic E-state index is 0.0436. The van der Waals surface area contributed by atoms with Gasteiger partial charge in [-0.2, -0.15) is 16.8 Å². The van der Waals surface area contributed by atoms with Gasteiger partial charge in [0.05, 0.1) is 12.0 Å². The van der Waals surface area contributed by atoms with Gasteiger partial charge >= 0.3 is 20.2 Å². The van der Waals surface area contributed by atoms with Crippen LogP contribution in [-0.4, -0.2) is 23.9 Å². The van der Waals surface area contributed by atoms with E-state index in [1.807, 2.05) is 100 Å². The van der Waals surface area contributed by atoms with Gasteiger partial charge in [-0.3, -0.25) is 0 Å². The average Bonchev–Trinajstić information content (AvgIpc) is 3.01. The fourth-order valence-electron chi connectivity index (χ4n) is 4.63. The van der Waals surface area contributed by atoms with Crippen LogP contribution in [0.4, 0.5) is 0 Å². The summed E-state index contributed by atoms with van der Waals surface area (Å²) in [7, 11) is -10.2. The highest BCUT2D eigenvalue weighted by Crippen LogP contribution is 2.70. The van der Waals surface area contributed by atoms with Gasteiger partial charge in [-0.15, -0.1) is 0 Å². The number of hydrogen-bond acceptors (Lipinski definition) is 7. The summed E-state index contributed by atoms with van der Waals surface area (Å²) in [5.74, 6) is -0.247. The van der Waals surface area contributed by atoms with Crippen molar-refractivity contribution in [2.45, 2.75) is 52.2 Å². The summed E-state index contributed by atoms with van der Waals surface area (Å²) in [5, 5.41) is 0. The van der Waals surface area contributed by atoms with Crippen molar-refractivity contribution in [2.75, 3.05) is 7.11 Å². The minimum Gasteiger partial charge on any atom is -0.493 e. The van der Waals surface area contributed by atoms with Gasteiger partial charge in [0.25, 0.3) is 0 Å². The second kappa shape index (κ2) is 12.7. The Kier molecular flexibility index (Phi) is 9.14. The lowest BCUT2D eigenvalue weighted by molar-refractivity contribution is 0.389. The van der Waals surface area contributed by atoms with Gasteiger partial charge in [0.2, 0.25) is 0 Å². The predicted octanol–water partition coefficient (Wildman–Crippen LogP) is 8.30. The van der Waals surface area contributed by atoms with E-state index in [4.69, 9.17) is 12.5 Å². The lowest BCUT2D eigenvalue weighted by Crippen LogP contribution is -2.15. The molecule has 5 aromatic rings. The first-order chi connectivity index (χ1) is 21.3. The van der Waals surface area contributed by atoms with Gasteiger partial charge in [0.1, 0.15) is 4.90 Å². The van der Waals surface area contributed by atoms with Crippen LogP contribution in [0.3, 0.4) is 0 Å². The molecule has 0 N–H and O–H groups in total. The first-order valence-corrected chi connectivity index (χ1v) is 18.4. The summed E-state index contributed by atoms with van der Waals surface area (Å²) in [6.45, 7) is 7.73. The Morgan fingerprint density at radius 3 is 1.16 bits per heavy atom. The molecule has 0 aromatic heterocycles. The van der Waals surface area contributed by atoms with E-state index >= 15 is 0 Å². The fourth-order valence-corrected chi connectivity index (χ4v) is 10.8. The highest BCUT2D eigenvalue weighted by atomic mass is 32.3. The maximum absolute atomic E-state index is 14.3. The van der Waals surface area contributed by atoms with E-state index in [2.05, 4.69) is 0 Å². The van der Waals surface area contributed by atoms with E-state index in [-0.39, 0.29) is 21.3 Å². The number of hydrogen-bond donors (Lipinski definition) is 0. The third kappa shape index (κ3) is 6.79. The number of aryl methyl sites for hydroxylation is 4. The molecule has 0 amide bonds. The van der Waals surface area contributed by atoms with Crippen molar-refractivity contribution in [3.63, 3.8) is 0 Å². The van der Waals surface area contributed by atoms with E-state index in [9.17, 15) is 16.8 Å². The summed E-state index contributed by atoms with van der Waals surface area (Å²) in [6, 6.07) is 32.9. The summed E-state index contributed by atoms with van der Waals surface area (Å²) in [4.78, 5) is 1.82. The molecule has 0 aliphatic carbocycles. The van der Waals surface area contributed by atoms with Gasteiger partial charge < -0.3 is 8.92 Å². The molecule has 5 aromatic carbocycles. The quantitative estimate of drug-likeness (QED) is 0.139. The van der Waals surface area contributed by atoms with Crippen LogP contribution in [0, 0.1) is 27.7 Å². The zero-order valence-corrected chi connectivity index (χ0v) is 28.0. The van der Waals surface area contributed by atoms with Gasteiger partial charge in [-0.1, -0.05) is 70.8 Å². The molecule has 0 aliphatic rings. The average molecular weight is 663 g/mol. The van der Waals surface area contributed by atoms with Crippen molar-refractivity contribution in [3.8, 4) is 11.5 Å². The zero-order chi connectivity index (χ0) is 32.4. The van der Waals surface area contributed by atoms with Crippen molar-refractivity contribution in [1.29, 1.82) is 0 Å². The minimum atomic E-state index is -4.49. The molecule has 0 saturated carbocycles. The molecule has 0 spiro atoms. The molecule has 0 bridgehead atoms. The van der Waals surface area contributed by atoms with E-state index < -0.39 is 30.5 Å². The van der Waals surface area contributed by atoms with Crippen LogP contribution in [0.25, 0.3) is 0 Å². The second-order valence-electron chi connectivity index (χ2n) is 10.7. The number of rotatable bonds is 10. The Morgan fingerprint density at radius 2 is 0.778 bits per heavy atom. The Morgan fingerprint density at radius 1 is 0.422 bits per heavy atom. The first-order valence-electron chi connectivity index (χ1n) is 14.0. The van der Waals surface area contributed by atoms with Crippen molar-refractivity contribution in [2.24, 2.45) is 0 Å². The van der Waals surface area contributed by atoms with E-state index in [0.29, 0.717) is 14.7 Å². The maximum atomic E-state index is 14.3. The SMILES string of the molecule is COc1cc(S(=O)(=O)OS(c2ccc(C)cc2)(c2ccc(C)cc2)c2ccc(C)cc2)ccc1OS(=O)(=O)c1ccc(C)cc1. The summed E-state index contributed by atoms with van der Waals surface area (Å²) in [5.41, 5.74) is 3.94. The zero-order valence-electron chi connectivity index (χ0n) is 25.6. The standard InChI is InChI=1S/C35H34O7S3/c1-25-6-14-29(15-7-25)43(30-16-8-26(2)9-17-30,31-18-10-27(3)11-19-31)42-45(38,39)33-22-23-34(35(24-33)40-5)41-44(36,37)32-20-12-28(4)13-21-32/h6-24H,1-5H3. The summed E-state index contributed by atoms with van der Waals surface area (Å²) >= 11 is 0. The number of ether oxygens (including phenoxy) is 1. The normalized spacial score (nSPS) is 12.5. The molecular formula is C35H34O7S3. The molecule has 0 unspecified atom stereocenters. The molecule has 0 radical (unpaired) electrons. The van der Waals surface area contributed by atoms with Gasteiger partial charge in [-0.25, -0.2) is 3.63 Å². The molecule has 0 atom stereocenters. The molecule has 10 heteroatoms. The van der Waals surface area contributed by atoms with Crippen LogP contribution < -0.4 is 8.92 Å². The first kappa shape index (κ1) is 32.3. The third-order valence-electron chi connectivity index (χ3n) is 7.18. The van der Waals surface area contributed by atoms with Crippen LogP contribution in [0.5, 0.6) is 11.5 Å². The fraction of sp³-hybridized carbons (Fsp3) is 0.143. The van der Waals surface area contributed by atoms with Gasteiger partial charge in [0, 0.05) is 20.8 Å². The van der Waals surface area contributed by atoms with E-state index in [1.54, 1.807) is 12.1 Å². The summed E-state index contributed by atoms with van der Waals surface area (Å²) in [6.07, 6.45) is 0. The van der Waals surface area contributed by atoms with Crippen LogP contribution in [0.1, 0.15) is 22.3 Å². The van der Waals surface area contributed by atoms with Crippen molar-refractivity contribution >= 4 is 30.5 Å². The highest BCUT2D eigenvalue weighted by Gasteiger charge is 2.38. The second-order valence-corrected chi connectivity index (χ2v) is 16.7. The monoisotopic (exact) mass is 662 g/mol. The molecule has 0 aliphatic heterocycles. The lowest BCUT2D eigenvalue weighted by atomic mass is 10.2. The van der Waals surface area contributed by atoms with Gasteiger partial charge in [0.15, 0.2) is 11.5 Å². The Bertz CT molecular complexity index is 1910. The van der Waals surface area contributed by atoms with Crippen molar-refractivity contribution < 1.29 is 29.4 Å². The van der Waals surface area contributed by atoms with E-state index in [1.165, 1.54) is 37.4 Å². The maximum Gasteiger partial charge on any atom is 0.339 e. The van der Waals surface area contributed by atoms with Crippen molar-refractivity contribution in [3.05, 3.63) is 138 Å². The number of benzene rings is 5. The Labute approximate surface area is 267 Å². The lowest BCUT2D eigenvalue weighted by Gasteiger charge is -2.39. The molecule has 5 rings (SSSR count). The summed E-state index contributed by atoms with van der Waals surface area (Å²) < 4.78 is 71.7.